The van der Waals surface area contributed by atoms with Crippen LogP contribution in [0.15, 0.2) is 12.3 Å². The average Bonchev–Trinajstić information content (AvgIpc) is 2.14. The molecule has 2 heterocycles. The van der Waals surface area contributed by atoms with Crippen molar-refractivity contribution in [2.75, 3.05) is 18.0 Å². The summed E-state index contributed by atoms with van der Waals surface area (Å²) >= 11 is 0. The molecule has 0 spiro atoms. The fourth-order valence-electron chi connectivity index (χ4n) is 2.07. The van der Waals surface area contributed by atoms with Gasteiger partial charge in [0.25, 0.3) is 0 Å². The van der Waals surface area contributed by atoms with Crippen molar-refractivity contribution in [3.8, 4) is 0 Å². The third-order valence-electron chi connectivity index (χ3n) is 2.77. The summed E-state index contributed by atoms with van der Waals surface area (Å²) in [7, 11) is 0. The standard InChI is InChI=1S/C11H17N3O/c1-3-5-11(15)7-14(8-11)10-4-6-12-9(2)13-10/h4,6,15H,3,5,7-8H2,1-2H3. The molecular weight excluding hydrogens is 190 g/mol. The van der Waals surface area contributed by atoms with Crippen molar-refractivity contribution in [1.29, 1.82) is 0 Å². The number of aromatic nitrogens is 2. The molecule has 1 aliphatic heterocycles. The molecule has 0 atom stereocenters. The highest BCUT2D eigenvalue weighted by atomic mass is 16.3. The minimum Gasteiger partial charge on any atom is -0.386 e. The van der Waals surface area contributed by atoms with Crippen LogP contribution in [0.1, 0.15) is 25.6 Å². The highest BCUT2D eigenvalue weighted by Crippen LogP contribution is 2.29. The van der Waals surface area contributed by atoms with E-state index in [4.69, 9.17) is 0 Å². The summed E-state index contributed by atoms with van der Waals surface area (Å²) in [6.07, 6.45) is 3.65. The maximum atomic E-state index is 10.0. The van der Waals surface area contributed by atoms with Crippen molar-refractivity contribution in [1.82, 2.24) is 9.97 Å². The predicted molar refractivity (Wildman–Crippen MR) is 58.8 cm³/mol. The zero-order valence-electron chi connectivity index (χ0n) is 9.27. The van der Waals surface area contributed by atoms with Crippen molar-refractivity contribution in [3.63, 3.8) is 0 Å². The Balaban J connectivity index is 2.00. The summed E-state index contributed by atoms with van der Waals surface area (Å²) in [5, 5.41) is 10.0. The predicted octanol–water partition coefficient (Wildman–Crippen LogP) is 1.14. The second-order valence-electron chi connectivity index (χ2n) is 4.29. The molecule has 1 aliphatic rings. The first kappa shape index (κ1) is 10.4. The summed E-state index contributed by atoms with van der Waals surface area (Å²) in [5.74, 6) is 1.70. The van der Waals surface area contributed by atoms with Crippen LogP contribution in [0.5, 0.6) is 0 Å². The SMILES string of the molecule is CCCC1(O)CN(c2ccnc(C)n2)C1. The van der Waals surface area contributed by atoms with Crippen LogP contribution in [0.2, 0.25) is 0 Å². The Morgan fingerprint density at radius 1 is 1.53 bits per heavy atom. The van der Waals surface area contributed by atoms with Gasteiger partial charge < -0.3 is 10.0 Å². The molecule has 0 aliphatic carbocycles. The Morgan fingerprint density at radius 3 is 2.87 bits per heavy atom. The molecular formula is C11H17N3O. The molecule has 0 amide bonds. The van der Waals surface area contributed by atoms with E-state index >= 15 is 0 Å². The molecule has 0 saturated carbocycles. The van der Waals surface area contributed by atoms with Crippen molar-refractivity contribution in [3.05, 3.63) is 18.1 Å². The molecule has 1 fully saturated rings. The smallest absolute Gasteiger partial charge is 0.132 e. The highest BCUT2D eigenvalue weighted by molar-refractivity contribution is 5.43. The minimum atomic E-state index is -0.492. The molecule has 1 saturated heterocycles. The molecule has 1 N–H and O–H groups in total. The summed E-state index contributed by atoms with van der Waals surface area (Å²) < 4.78 is 0. The van der Waals surface area contributed by atoms with Gasteiger partial charge in [-0.25, -0.2) is 9.97 Å². The van der Waals surface area contributed by atoms with E-state index in [0.717, 1.165) is 24.5 Å². The van der Waals surface area contributed by atoms with Crippen molar-refractivity contribution >= 4 is 5.82 Å². The molecule has 0 unspecified atom stereocenters. The van der Waals surface area contributed by atoms with Gasteiger partial charge in [0.05, 0.1) is 5.60 Å². The van der Waals surface area contributed by atoms with Crippen molar-refractivity contribution in [2.45, 2.75) is 32.3 Å². The number of aryl methyl sites for hydroxylation is 1. The van der Waals surface area contributed by atoms with Gasteiger partial charge in [-0.15, -0.1) is 0 Å². The van der Waals surface area contributed by atoms with Crippen LogP contribution in [0.3, 0.4) is 0 Å². The van der Waals surface area contributed by atoms with Crippen LogP contribution in [-0.2, 0) is 0 Å². The number of nitrogens with zero attached hydrogens (tertiary/aromatic N) is 3. The second-order valence-corrected chi connectivity index (χ2v) is 4.29. The molecule has 0 bridgehead atoms. The molecule has 1 aromatic heterocycles. The van der Waals surface area contributed by atoms with E-state index in [-0.39, 0.29) is 0 Å². The summed E-state index contributed by atoms with van der Waals surface area (Å²) in [5.41, 5.74) is -0.492. The summed E-state index contributed by atoms with van der Waals surface area (Å²) in [6.45, 7) is 5.35. The number of anilines is 1. The van der Waals surface area contributed by atoms with Crippen LogP contribution >= 0.6 is 0 Å². The van der Waals surface area contributed by atoms with Gasteiger partial charge in [-0.3, -0.25) is 0 Å². The van der Waals surface area contributed by atoms with E-state index in [1.807, 2.05) is 13.0 Å². The normalized spacial score (nSPS) is 18.7. The largest absolute Gasteiger partial charge is 0.386 e. The zero-order valence-corrected chi connectivity index (χ0v) is 9.27. The Hall–Kier alpha value is -1.16. The summed E-state index contributed by atoms with van der Waals surface area (Å²) in [6, 6.07) is 1.89. The van der Waals surface area contributed by atoms with Gasteiger partial charge in [0, 0.05) is 19.3 Å². The molecule has 4 heteroatoms. The van der Waals surface area contributed by atoms with E-state index in [1.54, 1.807) is 6.20 Å². The van der Waals surface area contributed by atoms with Gasteiger partial charge >= 0.3 is 0 Å². The lowest BCUT2D eigenvalue weighted by atomic mass is 9.89. The Morgan fingerprint density at radius 2 is 2.27 bits per heavy atom. The van der Waals surface area contributed by atoms with Crippen LogP contribution in [0.25, 0.3) is 0 Å². The second kappa shape index (κ2) is 3.77. The van der Waals surface area contributed by atoms with Gasteiger partial charge in [0.1, 0.15) is 11.6 Å². The zero-order chi connectivity index (χ0) is 10.9. The number of rotatable bonds is 3. The fourth-order valence-corrected chi connectivity index (χ4v) is 2.07. The highest BCUT2D eigenvalue weighted by Gasteiger charge is 2.40. The van der Waals surface area contributed by atoms with E-state index in [2.05, 4.69) is 21.8 Å². The van der Waals surface area contributed by atoms with Crippen LogP contribution in [0.4, 0.5) is 5.82 Å². The number of hydrogen-bond acceptors (Lipinski definition) is 4. The minimum absolute atomic E-state index is 0.492. The van der Waals surface area contributed by atoms with Crippen molar-refractivity contribution < 1.29 is 5.11 Å². The first-order chi connectivity index (χ1) is 7.13. The quantitative estimate of drug-likeness (QED) is 0.807. The molecule has 1 aromatic rings. The van der Waals surface area contributed by atoms with Crippen molar-refractivity contribution in [2.24, 2.45) is 0 Å². The first-order valence-electron chi connectivity index (χ1n) is 5.40. The van der Waals surface area contributed by atoms with E-state index in [9.17, 15) is 5.11 Å². The summed E-state index contributed by atoms with van der Waals surface area (Å²) in [4.78, 5) is 10.5. The van der Waals surface area contributed by atoms with Crippen LogP contribution < -0.4 is 4.90 Å². The van der Waals surface area contributed by atoms with E-state index in [1.165, 1.54) is 0 Å². The number of β-amino-alcohol motifs (C(OH)–C–C–N with tert-alkyl or cyclic N) is 1. The molecule has 15 heavy (non-hydrogen) atoms. The molecule has 0 aromatic carbocycles. The topological polar surface area (TPSA) is 49.2 Å². The number of hydrogen-bond donors (Lipinski definition) is 1. The van der Waals surface area contributed by atoms with Gasteiger partial charge in [-0.2, -0.15) is 0 Å². The Bertz CT molecular complexity index is 347. The third-order valence-corrected chi connectivity index (χ3v) is 2.77. The molecule has 4 nitrogen and oxygen atoms in total. The molecule has 2 rings (SSSR count). The van der Waals surface area contributed by atoms with E-state index < -0.39 is 5.60 Å². The van der Waals surface area contributed by atoms with Gasteiger partial charge in [-0.05, 0) is 19.4 Å². The van der Waals surface area contributed by atoms with Gasteiger partial charge in [0.2, 0.25) is 0 Å². The molecule has 0 radical (unpaired) electrons. The first-order valence-corrected chi connectivity index (χ1v) is 5.40. The maximum absolute atomic E-state index is 10.0. The van der Waals surface area contributed by atoms with Crippen LogP contribution in [-0.4, -0.2) is 33.8 Å². The average molecular weight is 207 g/mol. The fraction of sp³-hybridized carbons (Fsp3) is 0.636. The Labute approximate surface area is 90.0 Å². The lowest BCUT2D eigenvalue weighted by molar-refractivity contribution is 0.00291. The van der Waals surface area contributed by atoms with E-state index in [0.29, 0.717) is 13.1 Å². The third kappa shape index (κ3) is 2.09. The number of aliphatic hydroxyl groups is 1. The molecule has 82 valence electrons. The monoisotopic (exact) mass is 207 g/mol. The lowest BCUT2D eigenvalue weighted by Crippen LogP contribution is -2.62. The lowest BCUT2D eigenvalue weighted by Gasteiger charge is -2.47. The van der Waals surface area contributed by atoms with Gasteiger partial charge in [-0.1, -0.05) is 13.3 Å². The van der Waals surface area contributed by atoms with Gasteiger partial charge in [0.15, 0.2) is 0 Å². The van der Waals surface area contributed by atoms with Crippen LogP contribution in [0, 0.1) is 6.92 Å². The maximum Gasteiger partial charge on any atom is 0.132 e. The Kier molecular flexibility index (Phi) is 2.61.